The van der Waals surface area contributed by atoms with Gasteiger partial charge in [-0.3, -0.25) is 4.55 Å². The molecule has 1 N–H and O–H groups in total. The van der Waals surface area contributed by atoms with E-state index in [2.05, 4.69) is 0 Å². The van der Waals surface area contributed by atoms with Gasteiger partial charge in [0.1, 0.15) is 6.07 Å². The molecule has 0 aliphatic carbocycles. The summed E-state index contributed by atoms with van der Waals surface area (Å²) in [4.78, 5) is 11.4. The Hall–Kier alpha value is -2.40. The molecule has 6 nitrogen and oxygen atoms in total. The molecule has 0 heterocycles. The minimum absolute atomic E-state index is 0.0359. The summed E-state index contributed by atoms with van der Waals surface area (Å²) in [6, 6.07) is 11.4. The van der Waals surface area contributed by atoms with E-state index in [1.54, 1.807) is 6.07 Å². The molecule has 0 aromatic heterocycles. The lowest BCUT2D eigenvalue weighted by Gasteiger charge is -2.10. The molecule has 2 aromatic carbocycles. The number of hydrogen-bond donors (Lipinski definition) is 1. The van der Waals surface area contributed by atoms with Gasteiger partial charge in [-0.05, 0) is 24.3 Å². The summed E-state index contributed by atoms with van der Waals surface area (Å²) < 4.78 is 36.8. The molecule has 0 fully saturated rings. The third kappa shape index (κ3) is 3.26. The van der Waals surface area contributed by atoms with Crippen LogP contribution in [-0.2, 0) is 10.1 Å². The van der Waals surface area contributed by atoms with Crippen molar-refractivity contribution >= 4 is 27.7 Å². The van der Waals surface area contributed by atoms with E-state index in [-0.39, 0.29) is 16.1 Å². The fourth-order valence-electron chi connectivity index (χ4n) is 1.73. The summed E-state index contributed by atoms with van der Waals surface area (Å²) in [6.45, 7) is 0. The summed E-state index contributed by atoms with van der Waals surface area (Å²) in [7, 11) is -4.68. The number of halogens is 1. The highest BCUT2D eigenvalue weighted by Gasteiger charge is 2.23. The summed E-state index contributed by atoms with van der Waals surface area (Å²) in [5.41, 5.74) is 0.0363. The van der Waals surface area contributed by atoms with Crippen molar-refractivity contribution in [3.05, 3.63) is 58.6 Å². The first-order chi connectivity index (χ1) is 10.3. The molecule has 0 atom stereocenters. The summed E-state index contributed by atoms with van der Waals surface area (Å²) in [6.07, 6.45) is 0. The smallest absolute Gasteiger partial charge is 0.344 e. The van der Waals surface area contributed by atoms with Gasteiger partial charge in [0, 0.05) is 0 Å². The topological polar surface area (TPSA) is 104 Å². The molecule has 2 aromatic rings. The number of benzene rings is 2. The first-order valence-corrected chi connectivity index (χ1v) is 7.63. The SMILES string of the molecule is N#Cc1ccccc1C(=O)Oc1cccc(Cl)c1S(=O)(=O)O. The maximum Gasteiger partial charge on any atom is 0.344 e. The molecule has 0 amide bonds. The third-order valence-electron chi connectivity index (χ3n) is 2.66. The van der Waals surface area contributed by atoms with Crippen molar-refractivity contribution < 1.29 is 22.5 Å². The van der Waals surface area contributed by atoms with Gasteiger partial charge < -0.3 is 4.74 Å². The van der Waals surface area contributed by atoms with E-state index in [0.717, 1.165) is 0 Å². The van der Waals surface area contributed by atoms with Crippen LogP contribution in [0.15, 0.2) is 47.4 Å². The predicted molar refractivity (Wildman–Crippen MR) is 77.4 cm³/mol. The van der Waals surface area contributed by atoms with Crippen LogP contribution in [0.5, 0.6) is 5.75 Å². The second kappa shape index (κ2) is 6.15. The number of nitriles is 1. The molecule has 0 unspecified atom stereocenters. The Morgan fingerprint density at radius 3 is 2.50 bits per heavy atom. The first-order valence-electron chi connectivity index (χ1n) is 5.82. The second-order valence-electron chi connectivity index (χ2n) is 4.09. The highest BCUT2D eigenvalue weighted by atomic mass is 35.5. The Bertz CT molecular complexity index is 886. The second-order valence-corrected chi connectivity index (χ2v) is 5.85. The van der Waals surface area contributed by atoms with Gasteiger partial charge in [-0.1, -0.05) is 29.8 Å². The number of rotatable bonds is 3. The van der Waals surface area contributed by atoms with Crippen LogP contribution in [-0.4, -0.2) is 18.9 Å². The molecule has 0 spiro atoms. The Morgan fingerprint density at radius 1 is 1.18 bits per heavy atom. The molecule has 112 valence electrons. The molecule has 0 saturated heterocycles. The zero-order chi connectivity index (χ0) is 16.3. The molecule has 22 heavy (non-hydrogen) atoms. The largest absolute Gasteiger partial charge is 0.421 e. The van der Waals surface area contributed by atoms with E-state index in [1.165, 1.54) is 36.4 Å². The van der Waals surface area contributed by atoms with Crippen LogP contribution in [0.2, 0.25) is 5.02 Å². The van der Waals surface area contributed by atoms with Crippen LogP contribution in [0.4, 0.5) is 0 Å². The number of carbonyl (C=O) groups is 1. The quantitative estimate of drug-likeness (QED) is 0.524. The zero-order valence-corrected chi connectivity index (χ0v) is 12.4. The van der Waals surface area contributed by atoms with Crippen molar-refractivity contribution in [2.24, 2.45) is 0 Å². The van der Waals surface area contributed by atoms with E-state index in [9.17, 15) is 17.8 Å². The maximum atomic E-state index is 12.1. The van der Waals surface area contributed by atoms with Crippen molar-refractivity contribution in [3.8, 4) is 11.8 Å². The van der Waals surface area contributed by atoms with Crippen LogP contribution in [0.3, 0.4) is 0 Å². The van der Waals surface area contributed by atoms with Crippen LogP contribution >= 0.6 is 11.6 Å². The fraction of sp³-hybridized carbons (Fsp3) is 0. The molecular weight excluding hydrogens is 330 g/mol. The molecule has 0 radical (unpaired) electrons. The van der Waals surface area contributed by atoms with Gasteiger partial charge in [0.25, 0.3) is 10.1 Å². The zero-order valence-electron chi connectivity index (χ0n) is 10.9. The molecule has 0 aliphatic heterocycles. The van der Waals surface area contributed by atoms with E-state index < -0.39 is 26.7 Å². The summed E-state index contributed by atoms with van der Waals surface area (Å²) >= 11 is 5.72. The lowest BCUT2D eigenvalue weighted by Crippen LogP contribution is -2.13. The van der Waals surface area contributed by atoms with Crippen LogP contribution < -0.4 is 4.74 Å². The van der Waals surface area contributed by atoms with Gasteiger partial charge in [-0.25, -0.2) is 4.79 Å². The lowest BCUT2D eigenvalue weighted by molar-refractivity contribution is 0.0730. The molecule has 0 bridgehead atoms. The molecule has 0 aliphatic rings. The van der Waals surface area contributed by atoms with Gasteiger partial charge in [0.2, 0.25) is 0 Å². The highest BCUT2D eigenvalue weighted by Crippen LogP contribution is 2.31. The van der Waals surface area contributed by atoms with E-state index in [4.69, 9.17) is 21.6 Å². The molecule has 2 rings (SSSR count). The normalized spacial score (nSPS) is 10.8. The number of hydrogen-bond acceptors (Lipinski definition) is 5. The van der Waals surface area contributed by atoms with E-state index >= 15 is 0 Å². The molecule has 0 saturated carbocycles. The maximum absolute atomic E-state index is 12.1. The standard InChI is InChI=1S/C14H8ClNO5S/c15-11-6-3-7-12(13(11)22(18,19)20)21-14(17)10-5-2-1-4-9(10)8-16/h1-7H,(H,18,19,20). The molecule has 8 heteroatoms. The van der Waals surface area contributed by atoms with Gasteiger partial charge in [-0.2, -0.15) is 13.7 Å². The number of ether oxygens (including phenoxy) is 1. The van der Waals surface area contributed by atoms with Crippen LogP contribution in [0.1, 0.15) is 15.9 Å². The van der Waals surface area contributed by atoms with Crippen molar-refractivity contribution in [2.75, 3.05) is 0 Å². The number of esters is 1. The Labute approximate surface area is 131 Å². The number of carbonyl (C=O) groups excluding carboxylic acids is 1. The summed E-state index contributed by atoms with van der Waals surface area (Å²) in [5, 5.41) is 8.66. The summed E-state index contributed by atoms with van der Waals surface area (Å²) in [5.74, 6) is -1.36. The predicted octanol–water partition coefficient (Wildman–Crippen LogP) is 2.68. The minimum atomic E-state index is -4.68. The number of nitrogens with zero attached hydrogens (tertiary/aromatic N) is 1. The average molecular weight is 338 g/mol. The van der Waals surface area contributed by atoms with E-state index in [1.807, 2.05) is 6.07 Å². The van der Waals surface area contributed by atoms with E-state index in [0.29, 0.717) is 0 Å². The van der Waals surface area contributed by atoms with Crippen LogP contribution in [0, 0.1) is 11.3 Å². The van der Waals surface area contributed by atoms with Crippen molar-refractivity contribution in [2.45, 2.75) is 4.90 Å². The fourth-order valence-corrected chi connectivity index (χ4v) is 2.87. The Morgan fingerprint density at radius 2 is 1.86 bits per heavy atom. The minimum Gasteiger partial charge on any atom is -0.421 e. The third-order valence-corrected chi connectivity index (χ3v) is 4.02. The van der Waals surface area contributed by atoms with Crippen molar-refractivity contribution in [1.82, 2.24) is 0 Å². The monoisotopic (exact) mass is 337 g/mol. The Balaban J connectivity index is 2.47. The van der Waals surface area contributed by atoms with Crippen molar-refractivity contribution in [3.63, 3.8) is 0 Å². The first kappa shape index (κ1) is 16.0. The van der Waals surface area contributed by atoms with Gasteiger partial charge >= 0.3 is 5.97 Å². The highest BCUT2D eigenvalue weighted by molar-refractivity contribution is 7.86. The molecular formula is C14H8ClNO5S. The van der Waals surface area contributed by atoms with Gasteiger partial charge in [0.05, 0.1) is 16.1 Å². The van der Waals surface area contributed by atoms with Gasteiger partial charge in [0.15, 0.2) is 10.6 Å². The van der Waals surface area contributed by atoms with Crippen molar-refractivity contribution in [1.29, 1.82) is 5.26 Å². The Kier molecular flexibility index (Phi) is 4.47. The average Bonchev–Trinajstić information content (AvgIpc) is 2.45. The van der Waals surface area contributed by atoms with Crippen LogP contribution in [0.25, 0.3) is 0 Å². The lowest BCUT2D eigenvalue weighted by atomic mass is 10.1. The van der Waals surface area contributed by atoms with Gasteiger partial charge in [-0.15, -0.1) is 0 Å².